The number of esters is 1. The summed E-state index contributed by atoms with van der Waals surface area (Å²) >= 11 is 3.03. The number of nitrogens with one attached hydrogen (secondary N) is 5. The lowest BCUT2D eigenvalue weighted by molar-refractivity contribution is -0.141. The molecule has 3 aromatic rings. The standard InChI is InChI=1S/C25H24BrF4N7O4/c1-41-22(39)7-18(12-2-14(25(28,29)30)6-15(26)3-12)35-21(38)11-31-23(40)13-4-19(17-10-34-37-20(17)5-13)36-24-32-8-16(27)9-33-24/h2-6,10,16,18H,7-9,11H2,1H3,(H,31,40)(H,34,37)(H,35,38)(H2,32,33,36)/t18-/m0/s1. The molecule has 2 heterocycles. The Morgan fingerprint density at radius 2 is 1.98 bits per heavy atom. The zero-order valence-corrected chi connectivity index (χ0v) is 23.0. The molecule has 0 fully saturated rings. The van der Waals surface area contributed by atoms with Crippen molar-refractivity contribution < 1.29 is 36.7 Å². The quantitative estimate of drug-likeness (QED) is 0.187. The van der Waals surface area contributed by atoms with Crippen LogP contribution in [0.25, 0.3) is 10.9 Å². The van der Waals surface area contributed by atoms with Gasteiger partial charge in [-0.3, -0.25) is 19.5 Å². The highest BCUT2D eigenvalue weighted by Gasteiger charge is 2.32. The van der Waals surface area contributed by atoms with Crippen LogP contribution in [0.1, 0.15) is 33.9 Å². The highest BCUT2D eigenvalue weighted by Crippen LogP contribution is 2.34. The number of hydrogen-bond acceptors (Lipinski definition) is 8. The topological polar surface area (TPSA) is 150 Å². The fraction of sp³-hybridized carbons (Fsp3) is 0.320. The molecule has 1 aromatic heterocycles. The number of aromatic nitrogens is 2. The molecule has 11 nitrogen and oxygen atoms in total. The van der Waals surface area contributed by atoms with Gasteiger partial charge in [-0.15, -0.1) is 0 Å². The molecule has 0 bridgehead atoms. The van der Waals surface area contributed by atoms with E-state index in [1.807, 2.05) is 0 Å². The number of methoxy groups -OCH3 is 1. The number of carbonyl (C=O) groups excluding carboxylic acids is 3. The minimum atomic E-state index is -4.66. The van der Waals surface area contributed by atoms with Gasteiger partial charge in [0.15, 0.2) is 5.96 Å². The molecule has 4 rings (SSSR count). The average Bonchev–Trinajstić information content (AvgIpc) is 3.41. The van der Waals surface area contributed by atoms with E-state index in [1.54, 1.807) is 0 Å². The maximum atomic E-state index is 13.4. The largest absolute Gasteiger partial charge is 0.469 e. The van der Waals surface area contributed by atoms with E-state index in [2.05, 4.69) is 57.1 Å². The number of aromatic amines is 1. The number of ether oxygens (including phenoxy) is 1. The van der Waals surface area contributed by atoms with Crippen molar-refractivity contribution in [1.82, 2.24) is 26.1 Å². The van der Waals surface area contributed by atoms with Crippen LogP contribution in [0.15, 0.2) is 46.0 Å². The molecule has 0 saturated heterocycles. The molecule has 0 saturated carbocycles. The molecular formula is C25H24BrF4N7O4. The minimum absolute atomic E-state index is 0.00973. The molecule has 1 aliphatic rings. The molecule has 2 aromatic carbocycles. The number of guanidine groups is 1. The summed E-state index contributed by atoms with van der Waals surface area (Å²) in [7, 11) is 1.11. The van der Waals surface area contributed by atoms with Gasteiger partial charge in [-0.25, -0.2) is 9.38 Å². The number of amides is 2. The van der Waals surface area contributed by atoms with Gasteiger partial charge in [0.25, 0.3) is 5.91 Å². The average molecular weight is 642 g/mol. The van der Waals surface area contributed by atoms with Crippen molar-refractivity contribution in [3.63, 3.8) is 0 Å². The Hall–Kier alpha value is -4.21. The highest BCUT2D eigenvalue weighted by atomic mass is 79.9. The van der Waals surface area contributed by atoms with Gasteiger partial charge < -0.3 is 26.0 Å². The first kappa shape index (κ1) is 29.8. The number of alkyl halides is 4. The molecule has 0 aliphatic carbocycles. The summed E-state index contributed by atoms with van der Waals surface area (Å²) < 4.78 is 58.1. The smallest absolute Gasteiger partial charge is 0.416 e. The molecule has 2 amide bonds. The summed E-state index contributed by atoms with van der Waals surface area (Å²) in [6.07, 6.45) is -4.69. The Labute approximate surface area is 238 Å². The van der Waals surface area contributed by atoms with E-state index in [0.717, 1.165) is 19.2 Å². The Morgan fingerprint density at radius 1 is 1.20 bits per heavy atom. The second kappa shape index (κ2) is 12.5. The van der Waals surface area contributed by atoms with Crippen LogP contribution in [-0.2, 0) is 20.5 Å². The summed E-state index contributed by atoms with van der Waals surface area (Å²) in [5.41, 5.74) is 0.123. The summed E-state index contributed by atoms with van der Waals surface area (Å²) in [5, 5.41) is 18.1. The van der Waals surface area contributed by atoms with Crippen molar-refractivity contribution in [3.05, 3.63) is 57.7 Å². The first-order chi connectivity index (χ1) is 19.4. The first-order valence-electron chi connectivity index (χ1n) is 12.1. The molecule has 5 N–H and O–H groups in total. The number of rotatable bonds is 8. The molecule has 1 unspecified atom stereocenters. The predicted molar refractivity (Wildman–Crippen MR) is 144 cm³/mol. The van der Waals surface area contributed by atoms with Gasteiger partial charge in [0, 0.05) is 15.4 Å². The third-order valence-corrected chi connectivity index (χ3v) is 6.46. The monoisotopic (exact) mass is 641 g/mol. The van der Waals surface area contributed by atoms with Gasteiger partial charge >= 0.3 is 12.1 Å². The van der Waals surface area contributed by atoms with E-state index in [0.29, 0.717) is 22.5 Å². The van der Waals surface area contributed by atoms with Crippen molar-refractivity contribution in [1.29, 1.82) is 0 Å². The summed E-state index contributed by atoms with van der Waals surface area (Å²) in [6.45, 7) is -0.496. The Kier molecular flexibility index (Phi) is 9.10. The zero-order chi connectivity index (χ0) is 29.7. The molecule has 218 valence electrons. The number of anilines is 1. The number of halogens is 5. The maximum Gasteiger partial charge on any atom is 0.416 e. The fourth-order valence-corrected chi connectivity index (χ4v) is 4.51. The van der Waals surface area contributed by atoms with E-state index in [9.17, 15) is 31.9 Å². The summed E-state index contributed by atoms with van der Waals surface area (Å²) in [6, 6.07) is 4.87. The fourth-order valence-electron chi connectivity index (χ4n) is 4.00. The van der Waals surface area contributed by atoms with Crippen LogP contribution < -0.4 is 21.3 Å². The number of aliphatic imine (C=N–C) groups is 1. The van der Waals surface area contributed by atoms with Gasteiger partial charge in [0.2, 0.25) is 5.91 Å². The van der Waals surface area contributed by atoms with Crippen LogP contribution in [0.2, 0.25) is 0 Å². The second-order valence-electron chi connectivity index (χ2n) is 9.00. The summed E-state index contributed by atoms with van der Waals surface area (Å²) in [4.78, 5) is 41.7. The van der Waals surface area contributed by atoms with Gasteiger partial charge in [-0.05, 0) is 35.9 Å². The Bertz CT molecular complexity index is 1490. The molecule has 1 aliphatic heterocycles. The number of hydrogen-bond donors (Lipinski definition) is 5. The van der Waals surface area contributed by atoms with Crippen LogP contribution in [0.3, 0.4) is 0 Å². The van der Waals surface area contributed by atoms with Crippen LogP contribution in [-0.4, -0.2) is 66.9 Å². The normalized spacial score (nSPS) is 15.9. The number of carbonyl (C=O) groups is 3. The van der Waals surface area contributed by atoms with Crippen LogP contribution in [0.5, 0.6) is 0 Å². The zero-order valence-electron chi connectivity index (χ0n) is 21.4. The molecule has 0 radical (unpaired) electrons. The molecule has 41 heavy (non-hydrogen) atoms. The molecule has 2 atom stereocenters. The number of H-pyrrole nitrogens is 1. The lowest BCUT2D eigenvalue weighted by atomic mass is 10.0. The SMILES string of the molecule is COC(=O)C[C@H](NC(=O)CNC(=O)c1cc(NC2=NCC(F)CN2)c2cn[nH]c2c1)c1cc(Br)cc(C(F)(F)F)c1. The van der Waals surface area contributed by atoms with E-state index < -0.39 is 54.7 Å². The Morgan fingerprint density at radius 3 is 2.66 bits per heavy atom. The third kappa shape index (κ3) is 7.71. The number of benzene rings is 2. The van der Waals surface area contributed by atoms with E-state index >= 15 is 0 Å². The first-order valence-corrected chi connectivity index (χ1v) is 12.9. The van der Waals surface area contributed by atoms with E-state index in [1.165, 1.54) is 24.4 Å². The maximum absolute atomic E-state index is 13.4. The molecule has 16 heteroatoms. The number of fused-ring (bicyclic) bond motifs is 1. The van der Waals surface area contributed by atoms with Crippen LogP contribution >= 0.6 is 15.9 Å². The van der Waals surface area contributed by atoms with Crippen LogP contribution in [0, 0.1) is 0 Å². The highest BCUT2D eigenvalue weighted by molar-refractivity contribution is 9.10. The van der Waals surface area contributed by atoms with E-state index in [4.69, 9.17) is 0 Å². The van der Waals surface area contributed by atoms with Crippen molar-refractivity contribution in [3.8, 4) is 0 Å². The molecular weight excluding hydrogens is 618 g/mol. The number of nitrogens with zero attached hydrogens (tertiary/aromatic N) is 2. The van der Waals surface area contributed by atoms with Gasteiger partial charge in [-0.2, -0.15) is 18.3 Å². The molecule has 0 spiro atoms. The van der Waals surface area contributed by atoms with Gasteiger partial charge in [0.1, 0.15) is 6.17 Å². The van der Waals surface area contributed by atoms with Crippen molar-refractivity contribution >= 4 is 56.3 Å². The second-order valence-corrected chi connectivity index (χ2v) is 9.92. The lowest BCUT2D eigenvalue weighted by Gasteiger charge is -2.20. The lowest BCUT2D eigenvalue weighted by Crippen LogP contribution is -2.41. The van der Waals surface area contributed by atoms with Crippen molar-refractivity contribution in [2.75, 3.05) is 32.1 Å². The summed E-state index contributed by atoms with van der Waals surface area (Å²) in [5.74, 6) is -1.85. The van der Waals surface area contributed by atoms with Gasteiger partial charge in [-0.1, -0.05) is 15.9 Å². The van der Waals surface area contributed by atoms with Crippen molar-refractivity contribution in [2.24, 2.45) is 4.99 Å². The van der Waals surface area contributed by atoms with Crippen molar-refractivity contribution in [2.45, 2.75) is 24.8 Å². The minimum Gasteiger partial charge on any atom is -0.469 e. The van der Waals surface area contributed by atoms with Crippen LogP contribution in [0.4, 0.5) is 23.2 Å². The van der Waals surface area contributed by atoms with E-state index in [-0.39, 0.29) is 28.7 Å². The Balaban J connectivity index is 1.47. The predicted octanol–water partition coefficient (Wildman–Crippen LogP) is 3.20. The third-order valence-electron chi connectivity index (χ3n) is 6.01. The van der Waals surface area contributed by atoms with Gasteiger partial charge in [0.05, 0.1) is 62.2 Å².